The van der Waals surface area contributed by atoms with Crippen molar-refractivity contribution in [1.29, 1.82) is 0 Å². The van der Waals surface area contributed by atoms with E-state index in [-0.39, 0.29) is 47.8 Å². The number of carbonyl (C=O) groups is 4. The molecule has 0 saturated carbocycles. The summed E-state index contributed by atoms with van der Waals surface area (Å²) < 4.78 is 9.51. The van der Waals surface area contributed by atoms with Gasteiger partial charge < -0.3 is 35.6 Å². The van der Waals surface area contributed by atoms with Crippen molar-refractivity contribution in [3.05, 3.63) is 350 Å². The predicted octanol–water partition coefficient (Wildman–Crippen LogP) is 18.7. The molecule has 17 aromatic rings. The average molecular weight is 1730 g/mol. The number of aryl methyl sites for hydroxylation is 3. The molecule has 16 heterocycles. The Bertz CT molecular complexity index is 6530. The monoisotopic (exact) mass is 1720 g/mol. The molecule has 5 atom stereocenters. The summed E-state index contributed by atoms with van der Waals surface area (Å²) >= 11 is 0. The molecule has 21 rings (SSSR count). The zero-order chi connectivity index (χ0) is 88.8. The van der Waals surface area contributed by atoms with E-state index < -0.39 is 0 Å². The maximum absolute atomic E-state index is 14.1. The van der Waals surface area contributed by atoms with Crippen LogP contribution < -0.4 is 16.0 Å². The molecule has 4 aliphatic heterocycles. The molecule has 4 amide bonds. The second-order valence-electron chi connectivity index (χ2n) is 33.6. The van der Waals surface area contributed by atoms with E-state index >= 15 is 0 Å². The van der Waals surface area contributed by atoms with E-state index in [1.165, 1.54) is 0 Å². The number of nitrogens with zero attached hydrogens (tertiary/aromatic N) is 18. The maximum Gasteiger partial charge on any atom is 0.273 e. The summed E-state index contributed by atoms with van der Waals surface area (Å²) in [6.07, 6.45) is 26.0. The highest BCUT2D eigenvalue weighted by atomic mass is 16.2. The van der Waals surface area contributed by atoms with E-state index in [1.807, 2.05) is 350 Å². The van der Waals surface area contributed by atoms with Crippen LogP contribution in [0, 0.1) is 19.8 Å². The summed E-state index contributed by atoms with van der Waals surface area (Å²) in [7, 11) is 0. The standard InChI is InChI=1S/C28H25N5O.C27H30N6O.2C25H25N5O/c34-28(27-26(22-12-5-2-6-13-22)29-25-15-7-8-17-33(25)27)32-18-9-14-23(32)20-31-19-16-24(30-31)21-10-3-1-4-11-21;1-3-20-16-28-27(29-17-20)30-18-22-19(2)10-9-15-32(22)26(34)25-24(21-11-5-4-6-12-21)31-23-13-7-8-14-33(23)25;1-18-12-13-22(26-16-18)27-17-20-10-7-14-29(20)25(31)23-21-11-5-6-15-30(21)28-24(23)19-8-3-2-4-9-19;1-18-12-13-21(26-16-18)27-17-20-10-7-15-29(20)25(31)24-23(19-8-3-2-4-9-19)28-22-11-5-6-14-30(22)24/h1-8,10-13,15-17,19,23H,9,14,18,20H2;4-8,11-14,16-17,19,22H,3,9-10,15,18H2,1-2H3,(H,28,29,30);2-6,8-9,11-13,15-16,20H,7,10,14,17H2,1H3,(H,26,27);2-6,8-9,11-14,16,20H,7,10,15,17H2,1H3,(H,26,27)/t23-;19-,22-;2*20-/m0100/s1. The smallest absolute Gasteiger partial charge is 0.273 e. The second-order valence-corrected chi connectivity index (χ2v) is 33.6. The van der Waals surface area contributed by atoms with Crippen LogP contribution in [0.25, 0.3) is 78.7 Å². The number of likely N-dealkylation sites (tertiary alicyclic amines) is 4. The van der Waals surface area contributed by atoms with Crippen LogP contribution in [-0.4, -0.2) is 181 Å². The Labute approximate surface area is 755 Å². The van der Waals surface area contributed by atoms with Crippen molar-refractivity contribution in [2.75, 3.05) is 61.8 Å². The van der Waals surface area contributed by atoms with Gasteiger partial charge in [-0.05, 0) is 161 Å². The molecule has 4 fully saturated rings. The molecule has 25 nitrogen and oxygen atoms in total. The number of hydrogen-bond acceptors (Lipinski definition) is 16. The highest BCUT2D eigenvalue weighted by Crippen LogP contribution is 2.36. The lowest BCUT2D eigenvalue weighted by Crippen LogP contribution is -2.51. The third-order valence-electron chi connectivity index (χ3n) is 25.0. The number of hydrogen-bond donors (Lipinski definition) is 3. The highest BCUT2D eigenvalue weighted by molar-refractivity contribution is 6.07. The second kappa shape index (κ2) is 39.7. The summed E-state index contributed by atoms with van der Waals surface area (Å²) in [5.74, 6) is 2.74. The van der Waals surface area contributed by atoms with Crippen molar-refractivity contribution in [3.8, 4) is 56.3 Å². The molecule has 0 spiro atoms. The number of imidazole rings is 3. The van der Waals surface area contributed by atoms with E-state index in [4.69, 9.17) is 25.1 Å². The first kappa shape index (κ1) is 85.5. The zero-order valence-corrected chi connectivity index (χ0v) is 73.5. The van der Waals surface area contributed by atoms with Gasteiger partial charge in [0.25, 0.3) is 23.6 Å². The number of aromatic nitrogens is 14. The van der Waals surface area contributed by atoms with Gasteiger partial charge in [-0.3, -0.25) is 37.1 Å². The quantitative estimate of drug-likeness (QED) is 0.0604. The van der Waals surface area contributed by atoms with Crippen LogP contribution in [0.2, 0.25) is 0 Å². The molecule has 0 bridgehead atoms. The molecule has 4 saturated heterocycles. The first-order chi connectivity index (χ1) is 63.8. The normalized spacial score (nSPS) is 16.5. The molecule has 0 radical (unpaired) electrons. The largest absolute Gasteiger partial charge is 0.368 e. The lowest BCUT2D eigenvalue weighted by molar-refractivity contribution is 0.0533. The van der Waals surface area contributed by atoms with E-state index in [0.717, 1.165) is 191 Å². The minimum absolute atomic E-state index is 0.0122. The molecule has 0 aliphatic carbocycles. The molecule has 130 heavy (non-hydrogen) atoms. The van der Waals surface area contributed by atoms with Gasteiger partial charge in [0.2, 0.25) is 5.95 Å². The average Bonchev–Trinajstić information content (AvgIpc) is 1.63. The number of piperidine rings is 1. The van der Waals surface area contributed by atoms with Gasteiger partial charge in [0.1, 0.15) is 68.4 Å². The minimum atomic E-state index is 0.0122. The minimum Gasteiger partial charge on any atom is -0.368 e. The summed E-state index contributed by atoms with van der Waals surface area (Å²) in [6.45, 7) is 14.0. The highest BCUT2D eigenvalue weighted by Gasteiger charge is 2.39. The Hall–Kier alpha value is -15.3. The zero-order valence-electron chi connectivity index (χ0n) is 73.5. The molecule has 3 N–H and O–H groups in total. The third kappa shape index (κ3) is 18.9. The van der Waals surface area contributed by atoms with E-state index in [2.05, 4.69) is 61.9 Å². The number of benzene rings is 5. The SMILES string of the molecule is CCc1cnc(NC[C@@H]2[C@H](C)CCCN2C(=O)c2c(-c3ccccc3)nc3ccccn23)nc1.Cc1ccc(NC[C@@H]2CCCN2C(=O)c2c(-c3ccccc3)nc3ccccn23)nc1.Cc1ccc(NC[C@@H]2CCCN2C(=O)c2c(-c3ccccc3)nn3ccccc23)nc1.O=C(c1c(-c2ccccc2)nc2ccccn12)N1CCC[C@H]1Cn1ccc(-c2ccccc2)n1. The van der Waals surface area contributed by atoms with Gasteiger partial charge in [-0.15, -0.1) is 0 Å². The van der Waals surface area contributed by atoms with Crippen molar-refractivity contribution < 1.29 is 19.2 Å². The molecule has 5 aromatic carbocycles. The first-order valence-corrected chi connectivity index (χ1v) is 45.2. The van der Waals surface area contributed by atoms with Crippen LogP contribution in [0.15, 0.2) is 311 Å². The number of rotatable bonds is 21. The number of pyridine rings is 6. The molecule has 0 unspecified atom stereocenters. The van der Waals surface area contributed by atoms with Crippen LogP contribution in [0.3, 0.4) is 0 Å². The Kier molecular flexibility index (Phi) is 26.1. The molecule has 12 aromatic heterocycles. The fourth-order valence-electron chi connectivity index (χ4n) is 18.1. The van der Waals surface area contributed by atoms with Crippen LogP contribution in [-0.2, 0) is 13.0 Å². The maximum atomic E-state index is 14.1. The number of carbonyl (C=O) groups excluding carboxylic acids is 4. The fraction of sp³-hybridized carbons (Fsp3) is 0.248. The van der Waals surface area contributed by atoms with Crippen LogP contribution in [0.5, 0.6) is 0 Å². The van der Waals surface area contributed by atoms with Crippen LogP contribution in [0.1, 0.15) is 124 Å². The van der Waals surface area contributed by atoms with Crippen LogP contribution >= 0.6 is 0 Å². The molecule has 4 aliphatic rings. The Morgan fingerprint density at radius 1 is 0.369 bits per heavy atom. The summed E-state index contributed by atoms with van der Waals surface area (Å²) in [5.41, 5.74) is 17.8. The topological polar surface area (TPSA) is 256 Å². The molecule has 654 valence electrons. The van der Waals surface area contributed by atoms with Crippen molar-refractivity contribution in [2.45, 2.75) is 116 Å². The number of fused-ring (bicyclic) bond motifs is 4. The Morgan fingerprint density at radius 2 is 0.777 bits per heavy atom. The summed E-state index contributed by atoms with van der Waals surface area (Å²) in [5, 5.41) is 19.7. The predicted molar refractivity (Wildman–Crippen MR) is 510 cm³/mol. The summed E-state index contributed by atoms with van der Waals surface area (Å²) in [4.78, 5) is 95.9. The van der Waals surface area contributed by atoms with Gasteiger partial charge >= 0.3 is 0 Å². The van der Waals surface area contributed by atoms with E-state index in [1.54, 1.807) is 4.52 Å². The lowest BCUT2D eigenvalue weighted by Gasteiger charge is -2.40. The van der Waals surface area contributed by atoms with E-state index in [9.17, 15) is 19.2 Å². The summed E-state index contributed by atoms with van der Waals surface area (Å²) in [6, 6.07) is 83.7. The van der Waals surface area contributed by atoms with Gasteiger partial charge in [-0.25, -0.2) is 39.4 Å². The van der Waals surface area contributed by atoms with Gasteiger partial charge in [0.15, 0.2) is 0 Å². The van der Waals surface area contributed by atoms with Gasteiger partial charge in [-0.1, -0.05) is 202 Å². The van der Waals surface area contributed by atoms with Crippen molar-refractivity contribution in [2.24, 2.45) is 5.92 Å². The lowest BCUT2D eigenvalue weighted by atomic mass is 9.90. The van der Waals surface area contributed by atoms with Crippen molar-refractivity contribution in [1.82, 2.24) is 87.1 Å². The Morgan fingerprint density at radius 3 is 1.25 bits per heavy atom. The first-order valence-electron chi connectivity index (χ1n) is 45.2. The molecule has 25 heteroatoms. The Balaban J connectivity index is 0.000000117. The van der Waals surface area contributed by atoms with E-state index in [0.29, 0.717) is 60.7 Å². The molecular formula is C105H105N21O4. The third-order valence-corrected chi connectivity index (χ3v) is 25.0. The van der Waals surface area contributed by atoms with Crippen molar-refractivity contribution in [3.63, 3.8) is 0 Å². The van der Waals surface area contributed by atoms with Crippen LogP contribution in [0.4, 0.5) is 17.6 Å². The van der Waals surface area contributed by atoms with Gasteiger partial charge in [0.05, 0.1) is 35.4 Å². The van der Waals surface area contributed by atoms with Gasteiger partial charge in [-0.2, -0.15) is 10.2 Å². The van der Waals surface area contributed by atoms with Gasteiger partial charge in [0, 0.05) is 141 Å². The number of nitrogens with one attached hydrogen (secondary N) is 3. The van der Waals surface area contributed by atoms with Crippen molar-refractivity contribution >= 4 is 63.7 Å². The number of anilines is 3. The number of amides is 4. The molecular weight excluding hydrogens is 1620 g/mol. The fourth-order valence-corrected chi connectivity index (χ4v) is 18.1.